The fourth-order valence-electron chi connectivity index (χ4n) is 0.807. The highest BCUT2D eigenvalue weighted by Crippen LogP contribution is 2.00. The van der Waals surface area contributed by atoms with E-state index in [2.05, 4.69) is 43.8 Å². The molecule has 0 fully saturated rings. The van der Waals surface area contributed by atoms with Gasteiger partial charge < -0.3 is 5.73 Å². The lowest BCUT2D eigenvalue weighted by atomic mass is 10.2. The van der Waals surface area contributed by atoms with Crippen LogP contribution >= 0.6 is 17.0 Å². The Labute approximate surface area is 83.5 Å². The van der Waals surface area contributed by atoms with Gasteiger partial charge in [0, 0.05) is 0 Å². The Morgan fingerprint density at radius 1 is 1.25 bits per heavy atom. The van der Waals surface area contributed by atoms with Crippen LogP contribution in [-0.4, -0.2) is 6.41 Å². The Morgan fingerprint density at radius 3 is 1.75 bits per heavy atom. The highest BCUT2D eigenvalue weighted by molar-refractivity contribution is 8.93. The molecule has 1 aromatic carbocycles. The topological polar surface area (TPSA) is 43.1 Å². The van der Waals surface area contributed by atoms with E-state index in [0.29, 0.717) is 0 Å². The van der Waals surface area contributed by atoms with E-state index in [1.807, 2.05) is 0 Å². The fraction of sp³-hybridized carbons (Fsp3) is 0.222. The van der Waals surface area contributed by atoms with Gasteiger partial charge in [0.1, 0.15) is 0 Å². The van der Waals surface area contributed by atoms with Crippen molar-refractivity contribution in [3.05, 3.63) is 35.4 Å². The van der Waals surface area contributed by atoms with Gasteiger partial charge in [-0.15, -0.1) is 17.0 Å². The van der Waals surface area contributed by atoms with Crippen LogP contribution in [0.2, 0.25) is 0 Å². The number of nitrogens with two attached hydrogens (primary N) is 1. The van der Waals surface area contributed by atoms with Crippen molar-refractivity contribution in [2.24, 2.45) is 5.73 Å². The van der Waals surface area contributed by atoms with Crippen molar-refractivity contribution in [3.63, 3.8) is 0 Å². The first-order valence-electron chi connectivity index (χ1n) is 3.39. The van der Waals surface area contributed by atoms with Crippen LogP contribution < -0.4 is 5.73 Å². The number of hydrogen-bond donors (Lipinski definition) is 1. The predicted molar refractivity (Wildman–Crippen MR) is 56.5 cm³/mol. The minimum atomic E-state index is 0. The third kappa shape index (κ3) is 7.28. The number of carbonyl (C=O) groups is 1. The summed E-state index contributed by atoms with van der Waals surface area (Å²) >= 11 is 0. The summed E-state index contributed by atoms with van der Waals surface area (Å²) in [5.74, 6) is 0. The van der Waals surface area contributed by atoms with Crippen LogP contribution in [0.25, 0.3) is 0 Å². The first kappa shape index (κ1) is 13.7. The quantitative estimate of drug-likeness (QED) is 0.683. The van der Waals surface area contributed by atoms with Gasteiger partial charge in [-0.3, -0.25) is 4.79 Å². The van der Waals surface area contributed by atoms with Crippen LogP contribution in [-0.2, 0) is 4.79 Å². The number of benzene rings is 1. The second-order valence-electron chi connectivity index (χ2n) is 2.29. The van der Waals surface area contributed by atoms with Crippen LogP contribution in [0, 0.1) is 13.8 Å². The molecule has 3 heteroatoms. The summed E-state index contributed by atoms with van der Waals surface area (Å²) in [4.78, 5) is 8.58. The maximum absolute atomic E-state index is 8.58. The number of halogens is 1. The van der Waals surface area contributed by atoms with Crippen molar-refractivity contribution in [2.75, 3.05) is 0 Å². The number of primary amides is 1. The monoisotopic (exact) mass is 231 g/mol. The minimum absolute atomic E-state index is 0. The number of carbonyl (C=O) groups excluding carboxylic acids is 1. The molecule has 2 nitrogen and oxygen atoms in total. The zero-order valence-corrected chi connectivity index (χ0v) is 8.99. The number of hydrogen-bond acceptors (Lipinski definition) is 1. The highest BCUT2D eigenvalue weighted by atomic mass is 79.9. The van der Waals surface area contributed by atoms with Crippen molar-refractivity contribution < 1.29 is 4.79 Å². The van der Waals surface area contributed by atoms with Crippen molar-refractivity contribution in [1.29, 1.82) is 0 Å². The van der Waals surface area contributed by atoms with Gasteiger partial charge in [-0.2, -0.15) is 0 Å². The van der Waals surface area contributed by atoms with Crippen molar-refractivity contribution in [3.8, 4) is 0 Å². The molecule has 68 valence electrons. The second-order valence-corrected chi connectivity index (χ2v) is 2.29. The van der Waals surface area contributed by atoms with Crippen LogP contribution in [0.1, 0.15) is 11.1 Å². The molecule has 0 unspecified atom stereocenters. The lowest BCUT2D eigenvalue weighted by molar-refractivity contribution is -0.106. The molecule has 0 aromatic heterocycles. The third-order valence-corrected chi connectivity index (χ3v) is 1.17. The Morgan fingerprint density at radius 2 is 1.58 bits per heavy atom. The fourth-order valence-corrected chi connectivity index (χ4v) is 0.807. The van der Waals surface area contributed by atoms with E-state index in [0.717, 1.165) is 0 Å². The molecule has 0 bridgehead atoms. The van der Waals surface area contributed by atoms with Gasteiger partial charge in [0.15, 0.2) is 0 Å². The van der Waals surface area contributed by atoms with Gasteiger partial charge in [-0.1, -0.05) is 35.4 Å². The van der Waals surface area contributed by atoms with Gasteiger partial charge in [0.05, 0.1) is 0 Å². The van der Waals surface area contributed by atoms with E-state index >= 15 is 0 Å². The SMILES string of the molecule is Br.Cc1cccc(C)c1.NC=O. The van der Waals surface area contributed by atoms with Gasteiger partial charge in [0.2, 0.25) is 6.41 Å². The lowest BCUT2D eigenvalue weighted by Gasteiger charge is -1.90. The summed E-state index contributed by atoms with van der Waals surface area (Å²) < 4.78 is 0. The maximum atomic E-state index is 8.58. The zero-order valence-electron chi connectivity index (χ0n) is 7.28. The van der Waals surface area contributed by atoms with E-state index in [1.54, 1.807) is 0 Å². The highest BCUT2D eigenvalue weighted by Gasteiger charge is 1.80. The molecule has 0 radical (unpaired) electrons. The molecule has 0 aliphatic rings. The summed E-state index contributed by atoms with van der Waals surface area (Å²) in [6.07, 6.45) is 0.250. The van der Waals surface area contributed by atoms with E-state index in [4.69, 9.17) is 4.79 Å². The molecular formula is C9H14BrNO. The molecule has 0 spiro atoms. The first-order valence-corrected chi connectivity index (χ1v) is 3.39. The second kappa shape index (κ2) is 8.27. The largest absolute Gasteiger partial charge is 0.372 e. The summed E-state index contributed by atoms with van der Waals surface area (Å²) in [6.45, 7) is 4.21. The minimum Gasteiger partial charge on any atom is -0.372 e. The molecule has 1 amide bonds. The molecule has 1 rings (SSSR count). The van der Waals surface area contributed by atoms with Crippen molar-refractivity contribution >= 4 is 23.4 Å². The molecule has 0 saturated carbocycles. The smallest absolute Gasteiger partial charge is 0.204 e. The van der Waals surface area contributed by atoms with Gasteiger partial charge in [0.25, 0.3) is 0 Å². The Hall–Kier alpha value is -0.830. The Kier molecular flexibility index (Phi) is 9.47. The van der Waals surface area contributed by atoms with Gasteiger partial charge >= 0.3 is 0 Å². The zero-order chi connectivity index (χ0) is 8.69. The number of amides is 1. The standard InChI is InChI=1S/C8H10.CH3NO.BrH/c1-7-4-3-5-8(2)6-7;2-1-3;/h3-6H,1-2H3;1H,(H2,2,3);1H. The summed E-state index contributed by atoms with van der Waals surface area (Å²) in [7, 11) is 0. The van der Waals surface area contributed by atoms with Gasteiger partial charge in [-0.05, 0) is 13.8 Å². The number of aryl methyl sites for hydroxylation is 2. The normalized spacial score (nSPS) is 7.17. The predicted octanol–water partition coefficient (Wildman–Crippen LogP) is 1.98. The molecular weight excluding hydrogens is 218 g/mol. The van der Waals surface area contributed by atoms with Crippen LogP contribution in [0.4, 0.5) is 0 Å². The number of rotatable bonds is 0. The molecule has 0 atom stereocenters. The van der Waals surface area contributed by atoms with E-state index in [1.165, 1.54) is 11.1 Å². The molecule has 1 aromatic rings. The average molecular weight is 232 g/mol. The maximum Gasteiger partial charge on any atom is 0.204 e. The Balaban J connectivity index is 0. The summed E-state index contributed by atoms with van der Waals surface area (Å²) in [5, 5.41) is 0. The van der Waals surface area contributed by atoms with Crippen LogP contribution in [0.3, 0.4) is 0 Å². The summed E-state index contributed by atoms with van der Waals surface area (Å²) in [5.41, 5.74) is 6.84. The van der Waals surface area contributed by atoms with Crippen LogP contribution in [0.15, 0.2) is 24.3 Å². The molecule has 0 heterocycles. The molecule has 2 N–H and O–H groups in total. The third-order valence-electron chi connectivity index (χ3n) is 1.17. The van der Waals surface area contributed by atoms with E-state index in [-0.39, 0.29) is 23.4 Å². The molecule has 0 saturated heterocycles. The molecule has 12 heavy (non-hydrogen) atoms. The van der Waals surface area contributed by atoms with E-state index < -0.39 is 0 Å². The molecule has 0 aliphatic carbocycles. The average Bonchev–Trinajstić information content (AvgIpc) is 1.88. The van der Waals surface area contributed by atoms with E-state index in [9.17, 15) is 0 Å². The lowest BCUT2D eigenvalue weighted by Crippen LogP contribution is -1.82. The van der Waals surface area contributed by atoms with Crippen LogP contribution in [0.5, 0.6) is 0 Å². The van der Waals surface area contributed by atoms with Gasteiger partial charge in [-0.25, -0.2) is 0 Å². The first-order chi connectivity index (χ1) is 5.20. The molecule has 0 aliphatic heterocycles. The van der Waals surface area contributed by atoms with Crippen molar-refractivity contribution in [2.45, 2.75) is 13.8 Å². The van der Waals surface area contributed by atoms with Crippen molar-refractivity contribution in [1.82, 2.24) is 0 Å². The Bertz CT molecular complexity index is 208. The summed E-state index contributed by atoms with van der Waals surface area (Å²) in [6, 6.07) is 8.45.